The summed E-state index contributed by atoms with van der Waals surface area (Å²) < 4.78 is 26.9. The fourth-order valence-corrected chi connectivity index (χ4v) is 2.89. The molecular weight excluding hydrogens is 374 g/mol. The van der Waals surface area contributed by atoms with Gasteiger partial charge in [0, 0.05) is 36.6 Å². The molecule has 4 rings (SSSR count). The van der Waals surface area contributed by atoms with Crippen LogP contribution in [0.15, 0.2) is 61.2 Å². The number of benzene rings is 1. The number of pyridine rings is 3. The molecule has 0 aliphatic carbocycles. The van der Waals surface area contributed by atoms with Gasteiger partial charge in [0.05, 0.1) is 34.8 Å². The normalized spacial score (nSPS) is 10.6. The second-order valence-electron chi connectivity index (χ2n) is 6.24. The third-order valence-corrected chi connectivity index (χ3v) is 4.43. The van der Waals surface area contributed by atoms with E-state index in [1.165, 1.54) is 12.3 Å². The Bertz CT molecular complexity index is 1240. The molecule has 0 saturated heterocycles. The van der Waals surface area contributed by atoms with Crippen molar-refractivity contribution in [2.24, 2.45) is 0 Å². The quantitative estimate of drug-likeness (QED) is 0.547. The van der Waals surface area contributed by atoms with Crippen LogP contribution in [0.2, 0.25) is 0 Å². The molecule has 0 atom stereocenters. The zero-order valence-electron chi connectivity index (χ0n) is 15.3. The first-order valence-corrected chi connectivity index (χ1v) is 8.61. The minimum atomic E-state index is -0.981. The number of nitriles is 1. The molecule has 0 aliphatic heterocycles. The lowest BCUT2D eigenvalue weighted by Gasteiger charge is -2.19. The highest BCUT2D eigenvalue weighted by Crippen LogP contribution is 2.32. The van der Waals surface area contributed by atoms with E-state index in [2.05, 4.69) is 26.3 Å². The Balaban J connectivity index is 1.83. The van der Waals surface area contributed by atoms with Crippen LogP contribution in [-0.4, -0.2) is 22.0 Å². The molecule has 1 N–H and O–H groups in total. The summed E-state index contributed by atoms with van der Waals surface area (Å²) in [5.41, 5.74) is 2.40. The molecule has 8 heteroatoms. The van der Waals surface area contributed by atoms with Gasteiger partial charge in [-0.25, -0.2) is 13.8 Å². The molecule has 29 heavy (non-hydrogen) atoms. The summed E-state index contributed by atoms with van der Waals surface area (Å²) in [5, 5.41) is 13.1. The number of hydrogen-bond acceptors (Lipinski definition) is 6. The molecule has 0 fully saturated rings. The molecule has 0 saturated carbocycles. The summed E-state index contributed by atoms with van der Waals surface area (Å²) in [4.78, 5) is 14.6. The van der Waals surface area contributed by atoms with Crippen LogP contribution < -0.4 is 10.2 Å². The van der Waals surface area contributed by atoms with E-state index in [0.717, 1.165) is 17.8 Å². The van der Waals surface area contributed by atoms with E-state index < -0.39 is 11.6 Å². The summed E-state index contributed by atoms with van der Waals surface area (Å²) >= 11 is 0. The van der Waals surface area contributed by atoms with Crippen molar-refractivity contribution in [3.63, 3.8) is 0 Å². The molecule has 0 aliphatic rings. The Hall–Kier alpha value is -4.12. The van der Waals surface area contributed by atoms with Gasteiger partial charge in [-0.2, -0.15) is 5.26 Å². The predicted octanol–water partition coefficient (Wildman–Crippen LogP) is 4.69. The third-order valence-electron chi connectivity index (χ3n) is 4.43. The van der Waals surface area contributed by atoms with Gasteiger partial charge >= 0.3 is 0 Å². The van der Waals surface area contributed by atoms with Gasteiger partial charge < -0.3 is 10.2 Å². The van der Waals surface area contributed by atoms with Crippen molar-refractivity contribution < 1.29 is 8.78 Å². The molecule has 3 heterocycles. The summed E-state index contributed by atoms with van der Waals surface area (Å²) in [6, 6.07) is 11.0. The Morgan fingerprint density at radius 2 is 1.90 bits per heavy atom. The fraction of sp³-hybridized carbons (Fsp3) is 0.0476. The van der Waals surface area contributed by atoms with Crippen molar-refractivity contribution in [3.8, 4) is 6.07 Å². The van der Waals surface area contributed by atoms with Gasteiger partial charge in [0.25, 0.3) is 0 Å². The topological polar surface area (TPSA) is 77.7 Å². The molecule has 6 nitrogen and oxygen atoms in total. The van der Waals surface area contributed by atoms with Gasteiger partial charge in [0.15, 0.2) is 11.6 Å². The highest BCUT2D eigenvalue weighted by Gasteiger charge is 2.14. The van der Waals surface area contributed by atoms with Crippen LogP contribution >= 0.6 is 0 Å². The lowest BCUT2D eigenvalue weighted by atomic mass is 10.1. The number of hydrogen-bond donors (Lipinski definition) is 1. The zero-order valence-corrected chi connectivity index (χ0v) is 15.3. The summed E-state index contributed by atoms with van der Waals surface area (Å²) in [6.45, 7) is 0. The van der Waals surface area contributed by atoms with Crippen LogP contribution in [0.4, 0.5) is 31.7 Å². The predicted molar refractivity (Wildman–Crippen MR) is 106 cm³/mol. The van der Waals surface area contributed by atoms with Crippen molar-refractivity contribution in [2.75, 3.05) is 17.3 Å². The number of rotatable bonds is 4. The number of nitrogens with zero attached hydrogens (tertiary/aromatic N) is 5. The first-order valence-electron chi connectivity index (χ1n) is 8.61. The van der Waals surface area contributed by atoms with E-state index in [0.29, 0.717) is 28.1 Å². The van der Waals surface area contributed by atoms with Crippen LogP contribution in [0.25, 0.3) is 10.9 Å². The lowest BCUT2D eigenvalue weighted by Crippen LogP contribution is -2.11. The Kier molecular flexibility index (Phi) is 4.71. The van der Waals surface area contributed by atoms with Gasteiger partial charge in [-0.05, 0) is 30.3 Å². The molecular formula is C21H14F2N6. The smallest absolute Gasteiger partial charge is 0.160 e. The average molecular weight is 388 g/mol. The number of nitrogens with one attached hydrogen (secondary N) is 1. The van der Waals surface area contributed by atoms with E-state index in [1.54, 1.807) is 24.7 Å². The third kappa shape index (κ3) is 3.53. The maximum Gasteiger partial charge on any atom is 0.160 e. The highest BCUT2D eigenvalue weighted by atomic mass is 19.2. The van der Waals surface area contributed by atoms with E-state index in [1.807, 2.05) is 24.1 Å². The first-order chi connectivity index (χ1) is 14.1. The molecule has 1 aromatic carbocycles. The van der Waals surface area contributed by atoms with Crippen LogP contribution in [-0.2, 0) is 0 Å². The van der Waals surface area contributed by atoms with Crippen LogP contribution in [0.5, 0.6) is 0 Å². The van der Waals surface area contributed by atoms with Gasteiger partial charge in [0.1, 0.15) is 11.9 Å². The minimum absolute atomic E-state index is 0.267. The maximum absolute atomic E-state index is 13.6. The average Bonchev–Trinajstić information content (AvgIpc) is 2.76. The summed E-state index contributed by atoms with van der Waals surface area (Å²) in [7, 11) is 1.84. The number of aromatic nitrogens is 3. The van der Waals surface area contributed by atoms with Gasteiger partial charge in [0.2, 0.25) is 0 Å². The Labute approximate surface area is 165 Å². The van der Waals surface area contributed by atoms with Crippen molar-refractivity contribution in [1.82, 2.24) is 15.0 Å². The van der Waals surface area contributed by atoms with E-state index in [-0.39, 0.29) is 5.56 Å². The molecule has 0 bridgehead atoms. The standard InChI is InChI=1S/C21H14F2N6/c1-29(15-3-2-6-25-11-15)20-8-16-19(12-27-20)26-10-13(9-24)21(16)28-14-4-5-17(22)18(23)7-14/h2-8,10-12H,1H3,(H,26,28). The molecule has 3 aromatic heterocycles. The van der Waals surface area contributed by atoms with Crippen molar-refractivity contribution >= 4 is 33.8 Å². The summed E-state index contributed by atoms with van der Waals surface area (Å²) in [6.07, 6.45) is 6.39. The molecule has 0 spiro atoms. The first kappa shape index (κ1) is 18.3. The van der Waals surface area contributed by atoms with Crippen molar-refractivity contribution in [3.05, 3.63) is 78.4 Å². The van der Waals surface area contributed by atoms with Crippen molar-refractivity contribution in [1.29, 1.82) is 5.26 Å². The fourth-order valence-electron chi connectivity index (χ4n) is 2.89. The van der Waals surface area contributed by atoms with E-state index >= 15 is 0 Å². The number of fused-ring (bicyclic) bond motifs is 1. The van der Waals surface area contributed by atoms with Crippen LogP contribution in [0.1, 0.15) is 5.56 Å². The van der Waals surface area contributed by atoms with Gasteiger partial charge in [-0.3, -0.25) is 9.97 Å². The molecule has 142 valence electrons. The second kappa shape index (κ2) is 7.48. The van der Waals surface area contributed by atoms with Crippen LogP contribution in [0, 0.1) is 23.0 Å². The number of anilines is 4. The zero-order chi connectivity index (χ0) is 20.4. The number of halogens is 2. The Morgan fingerprint density at radius 3 is 2.62 bits per heavy atom. The second-order valence-corrected chi connectivity index (χ2v) is 6.24. The molecule has 4 aromatic rings. The van der Waals surface area contributed by atoms with E-state index in [4.69, 9.17) is 0 Å². The SMILES string of the molecule is CN(c1cccnc1)c1cc2c(Nc3ccc(F)c(F)c3)c(C#N)cnc2cn1. The minimum Gasteiger partial charge on any atom is -0.354 e. The van der Waals surface area contributed by atoms with Crippen LogP contribution in [0.3, 0.4) is 0 Å². The monoisotopic (exact) mass is 388 g/mol. The molecule has 0 amide bonds. The summed E-state index contributed by atoms with van der Waals surface area (Å²) in [5.74, 6) is -1.32. The lowest BCUT2D eigenvalue weighted by molar-refractivity contribution is 0.509. The van der Waals surface area contributed by atoms with Crippen molar-refractivity contribution in [2.45, 2.75) is 0 Å². The maximum atomic E-state index is 13.6. The largest absolute Gasteiger partial charge is 0.354 e. The Morgan fingerprint density at radius 1 is 1.03 bits per heavy atom. The van der Waals surface area contributed by atoms with Gasteiger partial charge in [-0.1, -0.05) is 0 Å². The van der Waals surface area contributed by atoms with E-state index in [9.17, 15) is 14.0 Å². The van der Waals surface area contributed by atoms with Gasteiger partial charge in [-0.15, -0.1) is 0 Å². The highest BCUT2D eigenvalue weighted by molar-refractivity contribution is 5.97. The molecule has 0 radical (unpaired) electrons. The molecule has 0 unspecified atom stereocenters.